The Hall–Kier alpha value is -2.82. The monoisotopic (exact) mass is 288 g/mol. The van der Waals surface area contributed by atoms with Crippen LogP contribution >= 0.6 is 0 Å². The summed E-state index contributed by atoms with van der Waals surface area (Å²) in [6.45, 7) is 0. The normalized spacial score (nSPS) is 10.8. The number of phenolic OH excluding ortho intramolecular Hbond substituents is 3. The number of rotatable bonds is 4. The zero-order valence-corrected chi connectivity index (χ0v) is 11.7. The summed E-state index contributed by atoms with van der Waals surface area (Å²) in [7, 11) is 2.91. The second-order valence-corrected chi connectivity index (χ2v) is 4.39. The molecule has 0 fully saturated rings. The molecule has 0 aromatic heterocycles. The Labute approximate surface area is 122 Å². The van der Waals surface area contributed by atoms with E-state index in [-0.39, 0.29) is 17.2 Å². The van der Waals surface area contributed by atoms with Crippen molar-refractivity contribution < 1.29 is 24.8 Å². The van der Waals surface area contributed by atoms with Gasteiger partial charge in [0.1, 0.15) is 11.5 Å². The number of ether oxygens (including phenoxy) is 2. The number of aromatic hydroxyl groups is 3. The van der Waals surface area contributed by atoms with Gasteiger partial charge in [-0.2, -0.15) is 0 Å². The second kappa shape index (κ2) is 6.09. The van der Waals surface area contributed by atoms with Gasteiger partial charge in [-0.1, -0.05) is 12.2 Å². The Balaban J connectivity index is 2.36. The minimum Gasteiger partial charge on any atom is -0.508 e. The maximum absolute atomic E-state index is 9.83. The highest BCUT2D eigenvalue weighted by atomic mass is 16.5. The van der Waals surface area contributed by atoms with E-state index in [4.69, 9.17) is 9.47 Å². The van der Waals surface area contributed by atoms with Gasteiger partial charge < -0.3 is 24.8 Å². The van der Waals surface area contributed by atoms with Crippen LogP contribution < -0.4 is 9.47 Å². The van der Waals surface area contributed by atoms with Crippen LogP contribution in [-0.4, -0.2) is 29.5 Å². The maximum Gasteiger partial charge on any atom is 0.200 e. The van der Waals surface area contributed by atoms with E-state index >= 15 is 0 Å². The first-order valence-corrected chi connectivity index (χ1v) is 6.19. The number of hydrogen-bond acceptors (Lipinski definition) is 5. The number of benzene rings is 2. The lowest BCUT2D eigenvalue weighted by Crippen LogP contribution is -1.90. The lowest BCUT2D eigenvalue weighted by atomic mass is 10.1. The van der Waals surface area contributed by atoms with Gasteiger partial charge in [0.15, 0.2) is 11.5 Å². The molecule has 0 aliphatic rings. The minimum atomic E-state index is -0.0628. The van der Waals surface area contributed by atoms with Gasteiger partial charge in [-0.25, -0.2) is 0 Å². The van der Waals surface area contributed by atoms with Crippen molar-refractivity contribution >= 4 is 12.2 Å². The average molecular weight is 288 g/mol. The molecule has 3 N–H and O–H groups in total. The molecule has 0 amide bonds. The van der Waals surface area contributed by atoms with Crippen LogP contribution in [-0.2, 0) is 0 Å². The fourth-order valence-electron chi connectivity index (χ4n) is 1.92. The summed E-state index contributed by atoms with van der Waals surface area (Å²) >= 11 is 0. The Morgan fingerprint density at radius 1 is 0.714 bits per heavy atom. The SMILES string of the molecule is COc1cc(/C=C/c2cc(O)cc(O)c2)cc(OC)c1O. The molecule has 0 aliphatic carbocycles. The van der Waals surface area contributed by atoms with Crippen LogP contribution in [0.1, 0.15) is 11.1 Å². The summed E-state index contributed by atoms with van der Waals surface area (Å²) in [6, 6.07) is 7.59. The summed E-state index contributed by atoms with van der Waals surface area (Å²) in [4.78, 5) is 0. The highest BCUT2D eigenvalue weighted by Gasteiger charge is 2.09. The van der Waals surface area contributed by atoms with Gasteiger partial charge in [0.05, 0.1) is 14.2 Å². The molecule has 2 aromatic carbocycles. The third-order valence-electron chi connectivity index (χ3n) is 2.90. The minimum absolute atomic E-state index is 0.0180. The van der Waals surface area contributed by atoms with Crippen LogP contribution in [0.4, 0.5) is 0 Å². The van der Waals surface area contributed by atoms with Crippen LogP contribution in [0.15, 0.2) is 30.3 Å². The zero-order valence-electron chi connectivity index (χ0n) is 11.7. The molecule has 0 atom stereocenters. The highest BCUT2D eigenvalue weighted by Crippen LogP contribution is 2.37. The van der Waals surface area contributed by atoms with Gasteiger partial charge in [0.25, 0.3) is 0 Å². The van der Waals surface area contributed by atoms with E-state index in [0.29, 0.717) is 17.1 Å². The highest BCUT2D eigenvalue weighted by molar-refractivity contribution is 5.73. The fourth-order valence-corrected chi connectivity index (χ4v) is 1.92. The van der Waals surface area contributed by atoms with Crippen molar-refractivity contribution in [3.8, 4) is 28.7 Å². The van der Waals surface area contributed by atoms with Crippen LogP contribution in [0.5, 0.6) is 28.7 Å². The average Bonchev–Trinajstić information content (AvgIpc) is 2.45. The quantitative estimate of drug-likeness (QED) is 0.754. The number of phenols is 3. The lowest BCUT2D eigenvalue weighted by molar-refractivity contribution is 0.340. The fraction of sp³-hybridized carbons (Fsp3) is 0.125. The molecule has 5 heteroatoms. The summed E-state index contributed by atoms with van der Waals surface area (Å²) < 4.78 is 10.1. The van der Waals surface area contributed by atoms with E-state index in [1.165, 1.54) is 32.4 Å². The van der Waals surface area contributed by atoms with Gasteiger partial charge in [-0.05, 0) is 35.4 Å². The number of methoxy groups -OCH3 is 2. The van der Waals surface area contributed by atoms with Crippen LogP contribution in [0.3, 0.4) is 0 Å². The molecule has 0 heterocycles. The van der Waals surface area contributed by atoms with Gasteiger partial charge in [0, 0.05) is 6.07 Å². The first kappa shape index (κ1) is 14.6. The molecule has 2 rings (SSSR count). The molecule has 0 saturated carbocycles. The molecule has 0 radical (unpaired) electrons. The summed E-state index contributed by atoms with van der Waals surface area (Å²) in [6.07, 6.45) is 3.46. The Morgan fingerprint density at radius 2 is 1.14 bits per heavy atom. The Kier molecular flexibility index (Phi) is 4.23. The van der Waals surface area contributed by atoms with Crippen molar-refractivity contribution in [1.29, 1.82) is 0 Å². The first-order chi connectivity index (χ1) is 10.0. The van der Waals surface area contributed by atoms with E-state index in [9.17, 15) is 15.3 Å². The van der Waals surface area contributed by atoms with Gasteiger partial charge in [-0.15, -0.1) is 0 Å². The summed E-state index contributed by atoms with van der Waals surface area (Å²) in [5.74, 6) is 0.499. The molecule has 0 saturated heterocycles. The predicted molar refractivity (Wildman–Crippen MR) is 79.9 cm³/mol. The van der Waals surface area contributed by atoms with E-state index in [0.717, 1.165) is 5.56 Å². The van der Waals surface area contributed by atoms with Crippen molar-refractivity contribution in [2.75, 3.05) is 14.2 Å². The predicted octanol–water partition coefficient (Wildman–Crippen LogP) is 2.99. The third kappa shape index (κ3) is 3.39. The molecule has 2 aromatic rings. The number of hydrogen-bond donors (Lipinski definition) is 3. The van der Waals surface area contributed by atoms with E-state index in [1.54, 1.807) is 24.3 Å². The van der Waals surface area contributed by atoms with Crippen LogP contribution in [0.2, 0.25) is 0 Å². The summed E-state index contributed by atoms with van der Waals surface area (Å²) in [5.41, 5.74) is 1.38. The van der Waals surface area contributed by atoms with Crippen molar-refractivity contribution in [1.82, 2.24) is 0 Å². The lowest BCUT2D eigenvalue weighted by Gasteiger charge is -2.09. The smallest absolute Gasteiger partial charge is 0.200 e. The Morgan fingerprint density at radius 3 is 1.57 bits per heavy atom. The molecular formula is C16H16O5. The molecular weight excluding hydrogens is 272 g/mol. The largest absolute Gasteiger partial charge is 0.508 e. The van der Waals surface area contributed by atoms with Gasteiger partial charge in [0.2, 0.25) is 5.75 Å². The maximum atomic E-state index is 9.83. The zero-order chi connectivity index (χ0) is 15.4. The van der Waals surface area contributed by atoms with Crippen molar-refractivity contribution in [3.05, 3.63) is 41.5 Å². The molecule has 0 unspecified atom stereocenters. The molecule has 21 heavy (non-hydrogen) atoms. The van der Waals surface area contributed by atoms with E-state index < -0.39 is 0 Å². The van der Waals surface area contributed by atoms with E-state index in [2.05, 4.69) is 0 Å². The van der Waals surface area contributed by atoms with Crippen molar-refractivity contribution in [3.63, 3.8) is 0 Å². The molecule has 110 valence electrons. The molecule has 0 spiro atoms. The topological polar surface area (TPSA) is 79.2 Å². The van der Waals surface area contributed by atoms with Crippen LogP contribution in [0, 0.1) is 0 Å². The van der Waals surface area contributed by atoms with Crippen molar-refractivity contribution in [2.45, 2.75) is 0 Å². The third-order valence-corrected chi connectivity index (χ3v) is 2.90. The molecule has 0 bridgehead atoms. The van der Waals surface area contributed by atoms with Gasteiger partial charge in [-0.3, -0.25) is 0 Å². The van der Waals surface area contributed by atoms with Gasteiger partial charge >= 0.3 is 0 Å². The van der Waals surface area contributed by atoms with E-state index in [1.807, 2.05) is 0 Å². The standard InChI is InChI=1S/C16H16O5/c1-20-14-7-11(8-15(21-2)16(14)19)4-3-10-5-12(17)9-13(18)6-10/h3-9,17-19H,1-2H3/b4-3+. The first-order valence-electron chi connectivity index (χ1n) is 6.19. The van der Waals surface area contributed by atoms with Crippen LogP contribution in [0.25, 0.3) is 12.2 Å². The summed E-state index contributed by atoms with van der Waals surface area (Å²) in [5, 5.41) is 28.7. The second-order valence-electron chi connectivity index (χ2n) is 4.39. The Bertz CT molecular complexity index is 631. The van der Waals surface area contributed by atoms with Crippen molar-refractivity contribution in [2.24, 2.45) is 0 Å². The molecule has 0 aliphatic heterocycles. The molecule has 5 nitrogen and oxygen atoms in total.